The molecule has 1 heterocycles. The zero-order valence-corrected chi connectivity index (χ0v) is 16.5. The lowest BCUT2D eigenvalue weighted by Crippen LogP contribution is -2.17. The van der Waals surface area contributed by atoms with Crippen molar-refractivity contribution in [3.63, 3.8) is 0 Å². The number of anilines is 2. The van der Waals surface area contributed by atoms with Gasteiger partial charge in [-0.05, 0) is 62.1 Å². The van der Waals surface area contributed by atoms with Crippen LogP contribution in [0.5, 0.6) is 0 Å². The second-order valence-electron chi connectivity index (χ2n) is 6.88. The Hall–Kier alpha value is -3.47. The molecule has 0 saturated carbocycles. The number of para-hydroxylation sites is 1. The van der Waals surface area contributed by atoms with E-state index in [4.69, 9.17) is 0 Å². The molecule has 1 aromatic heterocycles. The van der Waals surface area contributed by atoms with Gasteiger partial charge >= 0.3 is 0 Å². The van der Waals surface area contributed by atoms with Crippen molar-refractivity contribution in [3.8, 4) is 0 Å². The molecule has 142 valence electrons. The van der Waals surface area contributed by atoms with Gasteiger partial charge in [-0.2, -0.15) is 0 Å². The van der Waals surface area contributed by atoms with E-state index in [1.807, 2.05) is 64.1 Å². The molecule has 3 aromatic rings. The van der Waals surface area contributed by atoms with Gasteiger partial charge in [0.15, 0.2) is 0 Å². The molecular formula is C23H23N3O2. The number of benzene rings is 2. The number of nitrogens with one attached hydrogen (secondary N) is 2. The number of nitrogens with zero attached hydrogens (tertiary/aromatic N) is 1. The Morgan fingerprint density at radius 2 is 1.29 bits per heavy atom. The van der Waals surface area contributed by atoms with Crippen LogP contribution in [0.4, 0.5) is 11.4 Å². The van der Waals surface area contributed by atoms with Crippen molar-refractivity contribution >= 4 is 23.2 Å². The third kappa shape index (κ3) is 4.09. The Labute approximate surface area is 164 Å². The normalized spacial score (nSPS) is 10.4. The molecule has 0 spiro atoms. The number of amides is 2. The van der Waals surface area contributed by atoms with Crippen LogP contribution in [0.2, 0.25) is 0 Å². The van der Waals surface area contributed by atoms with E-state index in [2.05, 4.69) is 15.6 Å². The third-order valence-electron chi connectivity index (χ3n) is 4.84. The largest absolute Gasteiger partial charge is 0.322 e. The summed E-state index contributed by atoms with van der Waals surface area (Å²) in [4.78, 5) is 29.4. The monoisotopic (exact) mass is 373 g/mol. The van der Waals surface area contributed by atoms with Crippen LogP contribution in [0.3, 0.4) is 0 Å². The first kappa shape index (κ1) is 19.3. The second-order valence-corrected chi connectivity index (χ2v) is 6.88. The van der Waals surface area contributed by atoms with Crippen molar-refractivity contribution in [3.05, 3.63) is 88.2 Å². The molecule has 2 amide bonds. The van der Waals surface area contributed by atoms with Crippen molar-refractivity contribution in [2.45, 2.75) is 27.7 Å². The van der Waals surface area contributed by atoms with Crippen LogP contribution in [-0.2, 0) is 0 Å². The molecular weight excluding hydrogens is 350 g/mol. The van der Waals surface area contributed by atoms with Crippen molar-refractivity contribution < 1.29 is 9.59 Å². The van der Waals surface area contributed by atoms with Crippen molar-refractivity contribution in [2.24, 2.45) is 0 Å². The fourth-order valence-electron chi connectivity index (χ4n) is 2.97. The van der Waals surface area contributed by atoms with Gasteiger partial charge in [0.2, 0.25) is 0 Å². The zero-order valence-electron chi connectivity index (χ0n) is 16.5. The standard InChI is InChI=1S/C23H23N3O2/c1-14-7-6-10-20(17(14)4)25-22(27)18-11-19(13-24-12-18)23(28)26-21-15(2)8-5-9-16(21)3/h5-13H,1-4H3,(H,25,27)(H,26,28). The minimum Gasteiger partial charge on any atom is -0.322 e. The molecule has 0 fully saturated rings. The number of carbonyl (C=O) groups excluding carboxylic acids is 2. The molecule has 3 rings (SSSR count). The van der Waals surface area contributed by atoms with Gasteiger partial charge in [-0.15, -0.1) is 0 Å². The topological polar surface area (TPSA) is 71.1 Å². The maximum absolute atomic E-state index is 12.7. The van der Waals surface area contributed by atoms with Gasteiger partial charge in [-0.25, -0.2) is 0 Å². The molecule has 2 aromatic carbocycles. The smallest absolute Gasteiger partial charge is 0.257 e. The number of pyridine rings is 1. The summed E-state index contributed by atoms with van der Waals surface area (Å²) >= 11 is 0. The highest BCUT2D eigenvalue weighted by atomic mass is 16.2. The van der Waals surface area contributed by atoms with Crippen molar-refractivity contribution in [1.29, 1.82) is 0 Å². The summed E-state index contributed by atoms with van der Waals surface area (Å²) in [5.41, 5.74) is 6.24. The average Bonchev–Trinajstić information content (AvgIpc) is 2.68. The van der Waals surface area contributed by atoms with Crippen LogP contribution >= 0.6 is 0 Å². The first-order chi connectivity index (χ1) is 13.4. The minimum atomic E-state index is -0.303. The van der Waals surface area contributed by atoms with Gasteiger partial charge < -0.3 is 10.6 Å². The van der Waals surface area contributed by atoms with E-state index in [1.54, 1.807) is 6.07 Å². The Morgan fingerprint density at radius 3 is 1.93 bits per heavy atom. The van der Waals surface area contributed by atoms with Crippen LogP contribution in [0.15, 0.2) is 54.9 Å². The van der Waals surface area contributed by atoms with E-state index in [9.17, 15) is 9.59 Å². The number of aromatic nitrogens is 1. The molecule has 0 saturated heterocycles. The van der Waals surface area contributed by atoms with E-state index in [1.165, 1.54) is 12.4 Å². The van der Waals surface area contributed by atoms with Gasteiger partial charge in [-0.1, -0.05) is 30.3 Å². The molecule has 5 nitrogen and oxygen atoms in total. The highest BCUT2D eigenvalue weighted by Crippen LogP contribution is 2.21. The summed E-state index contributed by atoms with van der Waals surface area (Å²) in [6, 6.07) is 13.1. The maximum atomic E-state index is 12.7. The molecule has 0 aliphatic rings. The number of aryl methyl sites for hydroxylation is 3. The molecule has 0 unspecified atom stereocenters. The van der Waals surface area contributed by atoms with Gasteiger partial charge in [0.05, 0.1) is 11.1 Å². The summed E-state index contributed by atoms with van der Waals surface area (Å²) in [5, 5.41) is 5.81. The quantitative estimate of drug-likeness (QED) is 0.689. The third-order valence-corrected chi connectivity index (χ3v) is 4.84. The maximum Gasteiger partial charge on any atom is 0.257 e. The first-order valence-electron chi connectivity index (χ1n) is 9.07. The first-order valence-corrected chi connectivity index (χ1v) is 9.07. The Balaban J connectivity index is 1.81. The Bertz CT molecular complexity index is 1040. The average molecular weight is 373 g/mol. The van der Waals surface area contributed by atoms with E-state index in [0.717, 1.165) is 33.6 Å². The summed E-state index contributed by atoms with van der Waals surface area (Å²) in [6.45, 7) is 7.83. The number of carbonyl (C=O) groups is 2. The van der Waals surface area contributed by atoms with Gasteiger partial charge in [0, 0.05) is 23.8 Å². The molecule has 5 heteroatoms. The highest BCUT2D eigenvalue weighted by Gasteiger charge is 2.14. The number of hydrogen-bond donors (Lipinski definition) is 2. The SMILES string of the molecule is Cc1cccc(NC(=O)c2cncc(C(=O)Nc3c(C)cccc3C)c2)c1C. The molecule has 2 N–H and O–H groups in total. The number of hydrogen-bond acceptors (Lipinski definition) is 3. The van der Waals surface area contributed by atoms with E-state index in [-0.39, 0.29) is 11.8 Å². The minimum absolute atomic E-state index is 0.300. The van der Waals surface area contributed by atoms with Gasteiger partial charge in [0.25, 0.3) is 11.8 Å². The van der Waals surface area contributed by atoms with Crippen molar-refractivity contribution in [2.75, 3.05) is 10.6 Å². The lowest BCUT2D eigenvalue weighted by Gasteiger charge is -2.12. The summed E-state index contributed by atoms with van der Waals surface area (Å²) in [6.07, 6.45) is 2.91. The van der Waals surface area contributed by atoms with Crippen LogP contribution < -0.4 is 10.6 Å². The fraction of sp³-hybridized carbons (Fsp3) is 0.174. The van der Waals surface area contributed by atoms with E-state index < -0.39 is 0 Å². The number of rotatable bonds is 4. The Morgan fingerprint density at radius 1 is 0.750 bits per heavy atom. The van der Waals surface area contributed by atoms with Gasteiger partial charge in [0.1, 0.15) is 0 Å². The van der Waals surface area contributed by atoms with Crippen LogP contribution in [0.1, 0.15) is 43.0 Å². The zero-order chi connectivity index (χ0) is 20.3. The summed E-state index contributed by atoms with van der Waals surface area (Å²) in [5.74, 6) is -0.603. The molecule has 0 aliphatic heterocycles. The second kappa shape index (κ2) is 8.05. The lowest BCUT2D eigenvalue weighted by molar-refractivity contribution is 0.102. The van der Waals surface area contributed by atoms with Crippen LogP contribution in [-0.4, -0.2) is 16.8 Å². The predicted octanol–water partition coefficient (Wildman–Crippen LogP) is 4.82. The van der Waals surface area contributed by atoms with E-state index in [0.29, 0.717) is 11.1 Å². The molecule has 0 aliphatic carbocycles. The summed E-state index contributed by atoms with van der Waals surface area (Å²) in [7, 11) is 0. The van der Waals surface area contributed by atoms with Crippen molar-refractivity contribution in [1.82, 2.24) is 4.98 Å². The van der Waals surface area contributed by atoms with Gasteiger partial charge in [-0.3, -0.25) is 14.6 Å². The Kier molecular flexibility index (Phi) is 5.54. The molecule has 0 bridgehead atoms. The van der Waals surface area contributed by atoms with E-state index >= 15 is 0 Å². The predicted molar refractivity (Wildman–Crippen MR) is 112 cm³/mol. The molecule has 0 radical (unpaired) electrons. The highest BCUT2D eigenvalue weighted by molar-refractivity contribution is 6.09. The van der Waals surface area contributed by atoms with Crippen LogP contribution in [0, 0.1) is 27.7 Å². The summed E-state index contributed by atoms with van der Waals surface area (Å²) < 4.78 is 0. The molecule has 28 heavy (non-hydrogen) atoms. The fourth-order valence-corrected chi connectivity index (χ4v) is 2.97. The molecule has 0 atom stereocenters. The lowest BCUT2D eigenvalue weighted by atomic mass is 10.1. The van der Waals surface area contributed by atoms with Crippen LogP contribution in [0.25, 0.3) is 0 Å².